The number of hydrogen-bond acceptors (Lipinski definition) is 6. The highest BCUT2D eigenvalue weighted by molar-refractivity contribution is 5.51. The number of aromatic amines is 1. The molecule has 7 nitrogen and oxygen atoms in total. The Morgan fingerprint density at radius 2 is 2.05 bits per heavy atom. The predicted octanol–water partition coefficient (Wildman–Crippen LogP) is 2.20. The SMILES string of the molecule is CC(C)c1cc(Nc2cncc(OC3CCNCC3)n2)n[nH]1. The minimum Gasteiger partial charge on any atom is -0.473 e. The summed E-state index contributed by atoms with van der Waals surface area (Å²) in [7, 11) is 0. The van der Waals surface area contributed by atoms with Crippen LogP contribution >= 0.6 is 0 Å². The van der Waals surface area contributed by atoms with Gasteiger partial charge in [-0.1, -0.05) is 13.8 Å². The van der Waals surface area contributed by atoms with Gasteiger partial charge in [-0.3, -0.25) is 10.1 Å². The number of nitrogens with one attached hydrogen (secondary N) is 3. The van der Waals surface area contributed by atoms with Gasteiger partial charge < -0.3 is 15.4 Å². The molecule has 0 amide bonds. The van der Waals surface area contributed by atoms with Crippen LogP contribution in [0, 0.1) is 0 Å². The van der Waals surface area contributed by atoms with Gasteiger partial charge in [0.1, 0.15) is 6.10 Å². The molecule has 3 rings (SSSR count). The van der Waals surface area contributed by atoms with Gasteiger partial charge in [0.25, 0.3) is 0 Å². The molecule has 0 spiro atoms. The van der Waals surface area contributed by atoms with Gasteiger partial charge in [-0.2, -0.15) is 10.1 Å². The molecule has 0 atom stereocenters. The summed E-state index contributed by atoms with van der Waals surface area (Å²) >= 11 is 0. The van der Waals surface area contributed by atoms with Crippen molar-refractivity contribution in [2.75, 3.05) is 18.4 Å². The minimum atomic E-state index is 0.212. The fraction of sp³-hybridized carbons (Fsp3) is 0.533. The van der Waals surface area contributed by atoms with E-state index in [9.17, 15) is 0 Å². The number of H-pyrrole nitrogens is 1. The number of rotatable bonds is 5. The fourth-order valence-corrected chi connectivity index (χ4v) is 2.38. The maximum Gasteiger partial charge on any atom is 0.234 e. The van der Waals surface area contributed by atoms with E-state index in [1.807, 2.05) is 6.07 Å². The zero-order valence-electron chi connectivity index (χ0n) is 13.0. The van der Waals surface area contributed by atoms with E-state index in [4.69, 9.17) is 4.74 Å². The predicted molar refractivity (Wildman–Crippen MR) is 84.5 cm³/mol. The first kappa shape index (κ1) is 14.8. The monoisotopic (exact) mass is 302 g/mol. The van der Waals surface area contributed by atoms with Crippen LogP contribution in [0.25, 0.3) is 0 Å². The van der Waals surface area contributed by atoms with E-state index in [1.165, 1.54) is 0 Å². The molecule has 22 heavy (non-hydrogen) atoms. The van der Waals surface area contributed by atoms with Crippen LogP contribution in [-0.2, 0) is 0 Å². The molecule has 0 unspecified atom stereocenters. The summed E-state index contributed by atoms with van der Waals surface area (Å²) in [4.78, 5) is 8.63. The van der Waals surface area contributed by atoms with Crippen LogP contribution in [0.1, 0.15) is 38.3 Å². The van der Waals surface area contributed by atoms with Crippen molar-refractivity contribution in [3.8, 4) is 5.88 Å². The minimum absolute atomic E-state index is 0.212. The quantitative estimate of drug-likeness (QED) is 0.785. The topological polar surface area (TPSA) is 87.8 Å². The summed E-state index contributed by atoms with van der Waals surface area (Å²) in [6.07, 6.45) is 5.52. The average Bonchev–Trinajstić information content (AvgIpc) is 2.97. The van der Waals surface area contributed by atoms with Crippen molar-refractivity contribution in [2.45, 2.75) is 38.7 Å². The molecule has 0 aliphatic carbocycles. The number of piperidine rings is 1. The molecule has 2 aromatic heterocycles. The zero-order chi connectivity index (χ0) is 15.4. The molecular weight excluding hydrogens is 280 g/mol. The largest absolute Gasteiger partial charge is 0.473 e. The molecule has 1 aliphatic rings. The van der Waals surface area contributed by atoms with Crippen molar-refractivity contribution in [3.63, 3.8) is 0 Å². The highest BCUT2D eigenvalue weighted by atomic mass is 16.5. The lowest BCUT2D eigenvalue weighted by molar-refractivity contribution is 0.155. The van der Waals surface area contributed by atoms with Gasteiger partial charge in [-0.15, -0.1) is 0 Å². The molecule has 3 N–H and O–H groups in total. The molecule has 1 aliphatic heterocycles. The number of nitrogens with zero attached hydrogens (tertiary/aromatic N) is 3. The van der Waals surface area contributed by atoms with Gasteiger partial charge in [-0.05, 0) is 31.8 Å². The molecular formula is C15H22N6O. The first-order chi connectivity index (χ1) is 10.7. The van der Waals surface area contributed by atoms with E-state index < -0.39 is 0 Å². The molecule has 1 saturated heterocycles. The highest BCUT2D eigenvalue weighted by Crippen LogP contribution is 2.20. The Bertz CT molecular complexity index is 606. The summed E-state index contributed by atoms with van der Waals surface area (Å²) in [5.74, 6) is 2.32. The maximum atomic E-state index is 5.90. The average molecular weight is 302 g/mol. The van der Waals surface area contributed by atoms with Gasteiger partial charge in [0.05, 0.1) is 12.4 Å². The maximum absolute atomic E-state index is 5.90. The van der Waals surface area contributed by atoms with Gasteiger partial charge in [0.2, 0.25) is 5.88 Å². The van der Waals surface area contributed by atoms with Crippen LogP contribution in [0.2, 0.25) is 0 Å². The lowest BCUT2D eigenvalue weighted by Gasteiger charge is -2.23. The van der Waals surface area contributed by atoms with E-state index in [0.29, 0.717) is 17.6 Å². The molecule has 0 bridgehead atoms. The van der Waals surface area contributed by atoms with Gasteiger partial charge >= 0.3 is 0 Å². The number of anilines is 2. The third kappa shape index (κ3) is 3.73. The van der Waals surface area contributed by atoms with Gasteiger partial charge in [-0.25, -0.2) is 0 Å². The van der Waals surface area contributed by atoms with Crippen LogP contribution in [0.4, 0.5) is 11.6 Å². The Kier molecular flexibility index (Phi) is 4.53. The van der Waals surface area contributed by atoms with Crippen LogP contribution < -0.4 is 15.4 Å². The Morgan fingerprint density at radius 3 is 2.77 bits per heavy atom. The molecule has 3 heterocycles. The summed E-state index contributed by atoms with van der Waals surface area (Å²) < 4.78 is 5.90. The number of aromatic nitrogens is 4. The number of ether oxygens (including phenoxy) is 1. The Labute approximate surface area is 129 Å². The van der Waals surface area contributed by atoms with E-state index in [2.05, 4.69) is 44.6 Å². The second-order valence-electron chi connectivity index (χ2n) is 5.80. The van der Waals surface area contributed by atoms with Gasteiger partial charge in [0.15, 0.2) is 11.6 Å². The Balaban J connectivity index is 1.65. The van der Waals surface area contributed by atoms with Crippen molar-refractivity contribution >= 4 is 11.6 Å². The van der Waals surface area contributed by atoms with Crippen molar-refractivity contribution in [1.82, 2.24) is 25.5 Å². The third-order valence-electron chi connectivity index (χ3n) is 3.66. The van der Waals surface area contributed by atoms with Crippen LogP contribution in [0.3, 0.4) is 0 Å². The Hall–Kier alpha value is -2.15. The third-order valence-corrected chi connectivity index (χ3v) is 3.66. The fourth-order valence-electron chi connectivity index (χ4n) is 2.38. The summed E-state index contributed by atoms with van der Waals surface area (Å²) in [5.41, 5.74) is 1.08. The lowest BCUT2D eigenvalue weighted by Crippen LogP contribution is -2.34. The van der Waals surface area contributed by atoms with Crippen LogP contribution in [0.15, 0.2) is 18.5 Å². The van der Waals surface area contributed by atoms with Crippen LogP contribution in [0.5, 0.6) is 5.88 Å². The molecule has 0 saturated carbocycles. The second kappa shape index (κ2) is 6.74. The second-order valence-corrected chi connectivity index (χ2v) is 5.80. The van der Waals surface area contributed by atoms with Crippen molar-refractivity contribution < 1.29 is 4.74 Å². The Morgan fingerprint density at radius 1 is 1.23 bits per heavy atom. The normalized spacial score (nSPS) is 16.0. The number of hydrogen-bond donors (Lipinski definition) is 3. The van der Waals surface area contributed by atoms with E-state index in [-0.39, 0.29) is 6.10 Å². The van der Waals surface area contributed by atoms with Crippen molar-refractivity contribution in [2.24, 2.45) is 0 Å². The molecule has 0 radical (unpaired) electrons. The summed E-state index contributed by atoms with van der Waals surface area (Å²) in [5, 5.41) is 13.7. The smallest absolute Gasteiger partial charge is 0.234 e. The standard InChI is InChI=1S/C15H22N6O/c1-10(2)12-7-13(21-20-12)18-14-8-17-9-15(19-14)22-11-3-5-16-6-4-11/h7-11,16H,3-6H2,1-2H3,(H2,18,19,20,21). The highest BCUT2D eigenvalue weighted by Gasteiger charge is 2.15. The summed E-state index contributed by atoms with van der Waals surface area (Å²) in [6, 6.07) is 1.98. The first-order valence-electron chi connectivity index (χ1n) is 7.72. The molecule has 7 heteroatoms. The summed E-state index contributed by atoms with van der Waals surface area (Å²) in [6.45, 7) is 6.21. The molecule has 2 aromatic rings. The van der Waals surface area contributed by atoms with Crippen LogP contribution in [-0.4, -0.2) is 39.4 Å². The van der Waals surface area contributed by atoms with E-state index >= 15 is 0 Å². The zero-order valence-corrected chi connectivity index (χ0v) is 13.0. The first-order valence-corrected chi connectivity index (χ1v) is 7.72. The van der Waals surface area contributed by atoms with Crippen molar-refractivity contribution in [1.29, 1.82) is 0 Å². The lowest BCUT2D eigenvalue weighted by atomic mass is 10.1. The van der Waals surface area contributed by atoms with Gasteiger partial charge in [0, 0.05) is 11.8 Å². The molecule has 0 aromatic carbocycles. The van der Waals surface area contributed by atoms with Crippen molar-refractivity contribution in [3.05, 3.63) is 24.2 Å². The molecule has 1 fully saturated rings. The molecule has 118 valence electrons. The van der Waals surface area contributed by atoms with E-state index in [0.717, 1.165) is 37.4 Å². The van der Waals surface area contributed by atoms with E-state index in [1.54, 1.807) is 12.4 Å².